The van der Waals surface area contributed by atoms with Gasteiger partial charge < -0.3 is 23.6 Å². The fraction of sp³-hybridized carbons (Fsp3) is 0.400. The van der Waals surface area contributed by atoms with E-state index in [1.54, 1.807) is 6.07 Å². The summed E-state index contributed by atoms with van der Waals surface area (Å²) in [6.07, 6.45) is 0. The van der Waals surface area contributed by atoms with Gasteiger partial charge in [0, 0.05) is 26.9 Å². The monoisotopic (exact) mass is 310 g/mol. The van der Waals surface area contributed by atoms with Gasteiger partial charge in [-0.05, 0) is 0 Å². The van der Waals surface area contributed by atoms with Crippen LogP contribution in [-0.2, 0) is 27.8 Å². The Kier molecular flexibility index (Phi) is 5.09. The lowest BCUT2D eigenvalue weighted by Crippen LogP contribution is -2.28. The van der Waals surface area contributed by atoms with E-state index < -0.39 is 20.3 Å². The SMILES string of the molecule is COP(=O)(O)C(O)(c1ccccc1)P(=O)(OC)OC. The molecule has 0 saturated carbocycles. The van der Waals surface area contributed by atoms with Crippen molar-refractivity contribution >= 4 is 15.2 Å². The minimum Gasteiger partial charge on any atom is -0.364 e. The maximum absolute atomic E-state index is 12.5. The number of hydrogen-bond acceptors (Lipinski definition) is 6. The van der Waals surface area contributed by atoms with Gasteiger partial charge in [-0.25, -0.2) is 0 Å². The van der Waals surface area contributed by atoms with Crippen LogP contribution in [0.5, 0.6) is 0 Å². The van der Waals surface area contributed by atoms with Crippen molar-refractivity contribution in [1.82, 2.24) is 0 Å². The van der Waals surface area contributed by atoms with Crippen LogP contribution in [0, 0.1) is 0 Å². The summed E-state index contributed by atoms with van der Waals surface area (Å²) in [5, 5.41) is 7.77. The Balaban J connectivity index is 3.61. The van der Waals surface area contributed by atoms with Crippen LogP contribution in [0.15, 0.2) is 30.3 Å². The highest BCUT2D eigenvalue weighted by molar-refractivity contribution is 7.72. The molecule has 0 saturated heterocycles. The highest BCUT2D eigenvalue weighted by Crippen LogP contribution is 2.78. The zero-order valence-corrected chi connectivity index (χ0v) is 12.5. The van der Waals surface area contributed by atoms with Crippen LogP contribution in [0.25, 0.3) is 0 Å². The van der Waals surface area contributed by atoms with Crippen molar-refractivity contribution in [3.05, 3.63) is 35.9 Å². The summed E-state index contributed by atoms with van der Waals surface area (Å²) in [7, 11) is -6.14. The van der Waals surface area contributed by atoms with Crippen molar-refractivity contribution in [2.75, 3.05) is 21.3 Å². The van der Waals surface area contributed by atoms with Crippen molar-refractivity contribution in [1.29, 1.82) is 0 Å². The molecule has 0 heterocycles. The maximum atomic E-state index is 12.5. The third kappa shape index (κ3) is 2.56. The molecule has 19 heavy (non-hydrogen) atoms. The van der Waals surface area contributed by atoms with Crippen LogP contribution in [0.3, 0.4) is 0 Å². The van der Waals surface area contributed by atoms with Gasteiger partial charge in [0.25, 0.3) is 5.08 Å². The molecule has 0 aliphatic carbocycles. The molecule has 1 aromatic rings. The van der Waals surface area contributed by atoms with Crippen LogP contribution in [0.4, 0.5) is 0 Å². The zero-order valence-electron chi connectivity index (χ0n) is 10.7. The summed E-state index contributed by atoms with van der Waals surface area (Å²) in [6, 6.07) is 7.29. The molecule has 0 aliphatic heterocycles. The first-order valence-corrected chi connectivity index (χ1v) is 8.29. The molecule has 1 rings (SSSR count). The smallest absolute Gasteiger partial charge is 0.364 e. The molecule has 7 nitrogen and oxygen atoms in total. The topological polar surface area (TPSA) is 102 Å². The quantitative estimate of drug-likeness (QED) is 0.776. The predicted octanol–water partition coefficient (Wildman–Crippen LogP) is 2.11. The summed E-state index contributed by atoms with van der Waals surface area (Å²) in [6.45, 7) is 0. The molecule has 0 bridgehead atoms. The standard InChI is InChI=1S/C10H16O7P2/c1-15-18(12,13)10(11,19(14,16-2)17-3)9-7-5-4-6-8-9/h4-8,11H,1-3H3,(H,12,13). The summed E-state index contributed by atoms with van der Waals surface area (Å²) in [5.74, 6) is 0. The van der Waals surface area contributed by atoms with Crippen molar-refractivity contribution in [2.24, 2.45) is 0 Å². The second kappa shape index (κ2) is 5.85. The molecule has 1 aromatic carbocycles. The molecule has 0 amide bonds. The van der Waals surface area contributed by atoms with Crippen LogP contribution in [0.2, 0.25) is 0 Å². The van der Waals surface area contributed by atoms with E-state index >= 15 is 0 Å². The highest BCUT2D eigenvalue weighted by atomic mass is 31.2. The molecule has 0 spiro atoms. The highest BCUT2D eigenvalue weighted by Gasteiger charge is 2.64. The summed E-state index contributed by atoms with van der Waals surface area (Å²) in [5.41, 5.74) is -0.102. The molecule has 108 valence electrons. The minimum absolute atomic E-state index is 0.102. The van der Waals surface area contributed by atoms with Gasteiger partial charge in [-0.3, -0.25) is 9.13 Å². The van der Waals surface area contributed by atoms with Gasteiger partial charge in [-0.2, -0.15) is 0 Å². The fourth-order valence-corrected chi connectivity index (χ4v) is 5.42. The second-order valence-electron chi connectivity index (χ2n) is 3.57. The fourth-order valence-electron chi connectivity index (χ4n) is 1.59. The van der Waals surface area contributed by atoms with E-state index in [2.05, 4.69) is 13.6 Å². The first-order valence-electron chi connectivity index (χ1n) is 5.17. The summed E-state index contributed by atoms with van der Waals surface area (Å²) >= 11 is 0. The van der Waals surface area contributed by atoms with Crippen molar-refractivity contribution in [3.63, 3.8) is 0 Å². The number of aliphatic hydroxyl groups is 1. The van der Waals surface area contributed by atoms with Gasteiger partial charge in [0.2, 0.25) is 0 Å². The predicted molar refractivity (Wildman–Crippen MR) is 68.8 cm³/mol. The van der Waals surface area contributed by atoms with Gasteiger partial charge >= 0.3 is 15.2 Å². The van der Waals surface area contributed by atoms with Crippen LogP contribution in [0.1, 0.15) is 5.56 Å². The molecule has 0 aromatic heterocycles. The third-order valence-corrected chi connectivity index (χ3v) is 7.68. The zero-order chi connectivity index (χ0) is 14.7. The van der Waals surface area contributed by atoms with E-state index in [1.807, 2.05) is 0 Å². The lowest BCUT2D eigenvalue weighted by Gasteiger charge is -2.34. The van der Waals surface area contributed by atoms with Crippen LogP contribution < -0.4 is 0 Å². The van der Waals surface area contributed by atoms with Gasteiger partial charge in [0.1, 0.15) is 0 Å². The lowest BCUT2D eigenvalue weighted by atomic mass is 10.2. The number of benzene rings is 1. The Morgan fingerprint density at radius 2 is 1.47 bits per heavy atom. The van der Waals surface area contributed by atoms with Crippen molar-refractivity contribution in [2.45, 2.75) is 5.08 Å². The van der Waals surface area contributed by atoms with Gasteiger partial charge in [-0.15, -0.1) is 0 Å². The second-order valence-corrected chi connectivity index (χ2v) is 8.35. The van der Waals surface area contributed by atoms with E-state index in [4.69, 9.17) is 0 Å². The molecule has 0 radical (unpaired) electrons. The van der Waals surface area contributed by atoms with Gasteiger partial charge in [-0.1, -0.05) is 30.3 Å². The first-order chi connectivity index (χ1) is 8.79. The molecule has 2 N–H and O–H groups in total. The normalized spacial score (nSPS) is 18.6. The van der Waals surface area contributed by atoms with E-state index in [1.165, 1.54) is 24.3 Å². The largest absolute Gasteiger partial charge is 0.378 e. The first kappa shape index (κ1) is 16.5. The maximum Gasteiger partial charge on any atom is 0.378 e. The summed E-state index contributed by atoms with van der Waals surface area (Å²) in [4.78, 5) is 9.84. The van der Waals surface area contributed by atoms with Crippen molar-refractivity contribution in [3.8, 4) is 0 Å². The molecule has 0 fully saturated rings. The van der Waals surface area contributed by atoms with E-state index in [9.17, 15) is 19.1 Å². The van der Waals surface area contributed by atoms with Crippen LogP contribution in [-0.4, -0.2) is 31.3 Å². The number of rotatable bonds is 6. The van der Waals surface area contributed by atoms with Gasteiger partial charge in [0.15, 0.2) is 0 Å². The van der Waals surface area contributed by atoms with E-state index in [0.717, 1.165) is 21.3 Å². The Bertz CT molecular complexity index is 510. The van der Waals surface area contributed by atoms with E-state index in [-0.39, 0.29) is 5.56 Å². The number of hydrogen-bond donors (Lipinski definition) is 2. The van der Waals surface area contributed by atoms with Gasteiger partial charge in [0.05, 0.1) is 0 Å². The molecule has 9 heteroatoms. The Labute approximate surface area is 111 Å². The third-order valence-electron chi connectivity index (χ3n) is 2.67. The molecule has 2 unspecified atom stereocenters. The molecule has 0 aliphatic rings. The summed E-state index contributed by atoms with van der Waals surface area (Å²) < 4.78 is 38.4. The molecular weight excluding hydrogens is 294 g/mol. The lowest BCUT2D eigenvalue weighted by molar-refractivity contribution is 0.109. The Morgan fingerprint density at radius 1 is 1.00 bits per heavy atom. The Hall–Kier alpha value is -0.520. The molecular formula is C10H16O7P2. The van der Waals surface area contributed by atoms with Crippen molar-refractivity contribution < 1.29 is 32.7 Å². The van der Waals surface area contributed by atoms with Crippen LogP contribution >= 0.6 is 15.2 Å². The van der Waals surface area contributed by atoms with E-state index in [0.29, 0.717) is 0 Å². The molecule has 2 atom stereocenters. The average Bonchev–Trinajstić information content (AvgIpc) is 2.46. The average molecular weight is 310 g/mol. The Morgan fingerprint density at radius 3 is 1.84 bits per heavy atom. The minimum atomic E-state index is -4.73.